The molecule has 3 aromatic rings. The first kappa shape index (κ1) is 22.1. The number of aryl methyl sites for hydroxylation is 2. The Kier molecular flexibility index (Phi) is 6.21. The van der Waals surface area contributed by atoms with Gasteiger partial charge in [-0.3, -0.25) is 9.69 Å². The van der Waals surface area contributed by atoms with Crippen LogP contribution in [0.5, 0.6) is 0 Å². The molecule has 1 aliphatic carbocycles. The third-order valence-corrected chi connectivity index (χ3v) is 7.79. The zero-order valence-corrected chi connectivity index (χ0v) is 20.6. The van der Waals surface area contributed by atoms with E-state index in [9.17, 15) is 4.79 Å². The van der Waals surface area contributed by atoms with Crippen LogP contribution in [0.4, 0.5) is 0 Å². The van der Waals surface area contributed by atoms with Crippen molar-refractivity contribution in [2.45, 2.75) is 52.0 Å². The molecule has 0 N–H and O–H groups in total. The number of hydrogen-bond donors (Lipinski definition) is 0. The quantitative estimate of drug-likeness (QED) is 0.312. The van der Waals surface area contributed by atoms with Crippen molar-refractivity contribution in [2.24, 2.45) is 0 Å². The molecular formula is C27H27N3OS2. The second kappa shape index (κ2) is 9.27. The lowest BCUT2D eigenvalue weighted by atomic mass is 9.94. The van der Waals surface area contributed by atoms with Crippen molar-refractivity contribution in [2.75, 3.05) is 0 Å². The van der Waals surface area contributed by atoms with E-state index in [1.54, 1.807) is 0 Å². The van der Waals surface area contributed by atoms with Crippen LogP contribution in [0.3, 0.4) is 0 Å². The SMILES string of the molecule is Cc1ccc(C)c(-c2nn(-c3ccccc3)cc2/C=C2\SC(=S)N(C3CCCCC3)C2=O)c1. The van der Waals surface area contributed by atoms with E-state index in [0.717, 1.165) is 40.9 Å². The molecule has 1 saturated heterocycles. The van der Waals surface area contributed by atoms with Gasteiger partial charge >= 0.3 is 0 Å². The Labute approximate surface area is 204 Å². The molecule has 0 unspecified atom stereocenters. The average Bonchev–Trinajstić information content (AvgIpc) is 3.37. The van der Waals surface area contributed by atoms with Gasteiger partial charge in [0, 0.05) is 23.4 Å². The van der Waals surface area contributed by atoms with Crippen molar-refractivity contribution in [3.63, 3.8) is 0 Å². The summed E-state index contributed by atoms with van der Waals surface area (Å²) >= 11 is 7.06. The Morgan fingerprint density at radius 3 is 2.58 bits per heavy atom. The van der Waals surface area contributed by atoms with Gasteiger partial charge in [-0.25, -0.2) is 4.68 Å². The number of amides is 1. The van der Waals surface area contributed by atoms with Gasteiger partial charge in [0.1, 0.15) is 10.0 Å². The van der Waals surface area contributed by atoms with Crippen molar-refractivity contribution in [3.05, 3.63) is 76.3 Å². The number of benzene rings is 2. The fourth-order valence-corrected chi connectivity index (χ4v) is 6.07. The first-order valence-electron chi connectivity index (χ1n) is 11.5. The third kappa shape index (κ3) is 4.42. The molecule has 0 radical (unpaired) electrons. The maximum atomic E-state index is 13.4. The van der Waals surface area contributed by atoms with E-state index in [0.29, 0.717) is 9.23 Å². The van der Waals surface area contributed by atoms with Gasteiger partial charge in [-0.15, -0.1) is 0 Å². The Balaban J connectivity index is 1.58. The molecule has 1 amide bonds. The predicted octanol–water partition coefficient (Wildman–Crippen LogP) is 6.69. The Bertz CT molecular complexity index is 1240. The van der Waals surface area contributed by atoms with Crippen LogP contribution in [0.15, 0.2) is 59.6 Å². The molecule has 33 heavy (non-hydrogen) atoms. The summed E-state index contributed by atoms with van der Waals surface area (Å²) in [6.07, 6.45) is 9.66. The number of para-hydroxylation sites is 1. The van der Waals surface area contributed by atoms with E-state index in [4.69, 9.17) is 17.3 Å². The maximum absolute atomic E-state index is 13.4. The minimum atomic E-state index is 0.0382. The average molecular weight is 474 g/mol. The van der Waals surface area contributed by atoms with Crippen LogP contribution in [0, 0.1) is 13.8 Å². The van der Waals surface area contributed by atoms with E-state index >= 15 is 0 Å². The smallest absolute Gasteiger partial charge is 0.266 e. The largest absolute Gasteiger partial charge is 0.290 e. The van der Waals surface area contributed by atoms with Crippen LogP contribution in [0.1, 0.15) is 48.8 Å². The number of carbonyl (C=O) groups is 1. The molecule has 2 aromatic carbocycles. The van der Waals surface area contributed by atoms with E-state index in [1.807, 2.05) is 52.2 Å². The molecule has 168 valence electrons. The summed E-state index contributed by atoms with van der Waals surface area (Å²) in [7, 11) is 0. The molecule has 6 heteroatoms. The van der Waals surface area contributed by atoms with E-state index in [2.05, 4.69) is 32.0 Å². The van der Waals surface area contributed by atoms with Crippen LogP contribution >= 0.6 is 24.0 Å². The van der Waals surface area contributed by atoms with Gasteiger partial charge < -0.3 is 0 Å². The molecule has 1 aromatic heterocycles. The molecule has 0 atom stereocenters. The molecule has 4 nitrogen and oxygen atoms in total. The number of carbonyl (C=O) groups excluding carboxylic acids is 1. The van der Waals surface area contributed by atoms with Gasteiger partial charge in [-0.1, -0.05) is 79.1 Å². The van der Waals surface area contributed by atoms with Crippen molar-refractivity contribution in [1.29, 1.82) is 0 Å². The lowest BCUT2D eigenvalue weighted by Gasteiger charge is -2.29. The van der Waals surface area contributed by atoms with Crippen LogP contribution in [-0.4, -0.2) is 30.9 Å². The number of thioether (sulfide) groups is 1. The molecule has 2 fully saturated rings. The molecule has 0 bridgehead atoms. The number of hydrogen-bond acceptors (Lipinski definition) is 4. The van der Waals surface area contributed by atoms with Gasteiger partial charge in [0.05, 0.1) is 10.6 Å². The zero-order chi connectivity index (χ0) is 22.9. The number of thiocarbonyl (C=S) groups is 1. The highest BCUT2D eigenvalue weighted by Gasteiger charge is 2.37. The zero-order valence-electron chi connectivity index (χ0n) is 19.0. The minimum Gasteiger partial charge on any atom is -0.290 e. The van der Waals surface area contributed by atoms with Gasteiger partial charge in [0.15, 0.2) is 0 Å². The summed E-state index contributed by atoms with van der Waals surface area (Å²) in [5.74, 6) is 0.0382. The molecule has 0 spiro atoms. The molecule has 2 aliphatic rings. The summed E-state index contributed by atoms with van der Waals surface area (Å²) in [6, 6.07) is 16.7. The van der Waals surface area contributed by atoms with Crippen molar-refractivity contribution < 1.29 is 4.79 Å². The maximum Gasteiger partial charge on any atom is 0.266 e. The molecule has 5 rings (SSSR count). The number of rotatable bonds is 4. The lowest BCUT2D eigenvalue weighted by molar-refractivity contribution is -0.124. The fourth-order valence-electron chi connectivity index (χ4n) is 4.68. The summed E-state index contributed by atoms with van der Waals surface area (Å²) in [4.78, 5) is 15.9. The van der Waals surface area contributed by atoms with Crippen LogP contribution in [0.2, 0.25) is 0 Å². The second-order valence-electron chi connectivity index (χ2n) is 8.88. The molecule has 1 saturated carbocycles. The van der Waals surface area contributed by atoms with Crippen LogP contribution in [-0.2, 0) is 4.79 Å². The summed E-state index contributed by atoms with van der Waals surface area (Å²) in [6.45, 7) is 4.19. The first-order valence-corrected chi connectivity index (χ1v) is 12.7. The van der Waals surface area contributed by atoms with Gasteiger partial charge in [0.25, 0.3) is 5.91 Å². The number of nitrogens with zero attached hydrogens (tertiary/aromatic N) is 3. The first-order chi connectivity index (χ1) is 16.0. The van der Waals surface area contributed by atoms with Gasteiger partial charge in [-0.2, -0.15) is 5.10 Å². The highest BCUT2D eigenvalue weighted by molar-refractivity contribution is 8.26. The molecule has 1 aliphatic heterocycles. The van der Waals surface area contributed by atoms with E-state index in [-0.39, 0.29) is 11.9 Å². The van der Waals surface area contributed by atoms with Crippen LogP contribution < -0.4 is 0 Å². The van der Waals surface area contributed by atoms with Crippen molar-refractivity contribution >= 4 is 40.3 Å². The van der Waals surface area contributed by atoms with E-state index < -0.39 is 0 Å². The highest BCUT2D eigenvalue weighted by atomic mass is 32.2. The summed E-state index contributed by atoms with van der Waals surface area (Å²) < 4.78 is 2.58. The third-order valence-electron chi connectivity index (χ3n) is 6.46. The highest BCUT2D eigenvalue weighted by Crippen LogP contribution is 2.39. The Morgan fingerprint density at radius 2 is 1.82 bits per heavy atom. The van der Waals surface area contributed by atoms with Crippen LogP contribution in [0.25, 0.3) is 23.0 Å². The topological polar surface area (TPSA) is 38.1 Å². The minimum absolute atomic E-state index is 0.0382. The molecule has 2 heterocycles. The second-order valence-corrected chi connectivity index (χ2v) is 10.6. The molecular weight excluding hydrogens is 446 g/mol. The van der Waals surface area contributed by atoms with Gasteiger partial charge in [-0.05, 0) is 56.5 Å². The van der Waals surface area contributed by atoms with E-state index in [1.165, 1.54) is 36.6 Å². The van der Waals surface area contributed by atoms with Crippen molar-refractivity contribution in [3.8, 4) is 16.9 Å². The lowest BCUT2D eigenvalue weighted by Crippen LogP contribution is -2.39. The standard InChI is InChI=1S/C27H27N3OS2/c1-18-13-14-19(2)23(15-18)25-20(17-29(28-25)21-9-5-3-6-10-21)16-24-26(31)30(27(32)33-24)22-11-7-4-8-12-22/h3,5-6,9-10,13-17,22H,4,7-8,11-12H2,1-2H3/b24-16-. The summed E-state index contributed by atoms with van der Waals surface area (Å²) in [5.41, 5.74) is 6.21. The van der Waals surface area contributed by atoms with Crippen molar-refractivity contribution in [1.82, 2.24) is 14.7 Å². The fraction of sp³-hybridized carbons (Fsp3) is 0.296. The normalized spacial score (nSPS) is 18.5. The Hall–Kier alpha value is -2.70. The monoisotopic (exact) mass is 473 g/mol. The predicted molar refractivity (Wildman–Crippen MR) is 140 cm³/mol. The Morgan fingerprint density at radius 1 is 1.06 bits per heavy atom. The summed E-state index contributed by atoms with van der Waals surface area (Å²) in [5, 5.41) is 4.95. The number of aromatic nitrogens is 2. The van der Waals surface area contributed by atoms with Gasteiger partial charge in [0.2, 0.25) is 0 Å².